The van der Waals surface area contributed by atoms with Gasteiger partial charge in [0.1, 0.15) is 0 Å². The first kappa shape index (κ1) is 11.2. The minimum Gasteiger partial charge on any atom is -0.319 e. The molecule has 2 aromatic rings. The molecule has 3 aliphatic heterocycles. The normalized spacial score (nSPS) is 27.9. The third kappa shape index (κ3) is 1.28. The summed E-state index contributed by atoms with van der Waals surface area (Å²) in [6, 6.07) is 7.60. The van der Waals surface area contributed by atoms with Gasteiger partial charge in [-0.05, 0) is 55.8 Å². The first-order valence-electron chi connectivity index (χ1n) is 7.88. The zero-order valence-electron chi connectivity index (χ0n) is 12.0. The van der Waals surface area contributed by atoms with E-state index in [1.54, 1.807) is 11.3 Å². The molecule has 2 nitrogen and oxygen atoms in total. The number of benzene rings is 1. The number of piperidine rings is 1. The predicted octanol–water partition coefficient (Wildman–Crippen LogP) is 3.74. The van der Waals surface area contributed by atoms with Crippen LogP contribution < -0.4 is 0 Å². The van der Waals surface area contributed by atoms with Gasteiger partial charge in [0.05, 0.1) is 11.6 Å². The highest BCUT2D eigenvalue weighted by atomic mass is 15.2. The summed E-state index contributed by atoms with van der Waals surface area (Å²) < 4.78 is 2.48. The lowest BCUT2D eigenvalue weighted by Crippen LogP contribution is -2.44. The van der Waals surface area contributed by atoms with Crippen LogP contribution in [0, 0.1) is 12.8 Å². The van der Waals surface area contributed by atoms with Crippen LogP contribution in [0.25, 0.3) is 17.1 Å². The van der Waals surface area contributed by atoms with E-state index in [0.29, 0.717) is 6.04 Å². The molecule has 0 unspecified atom stereocenters. The smallest absolute Gasteiger partial charge is 0.0571 e. The number of aromatic nitrogens is 1. The van der Waals surface area contributed by atoms with Crippen LogP contribution in [0.3, 0.4) is 0 Å². The van der Waals surface area contributed by atoms with Gasteiger partial charge in [-0.2, -0.15) is 0 Å². The first-order chi connectivity index (χ1) is 9.83. The summed E-state index contributed by atoms with van der Waals surface area (Å²) >= 11 is 0. The van der Waals surface area contributed by atoms with Crippen molar-refractivity contribution in [3.05, 3.63) is 41.1 Å². The van der Waals surface area contributed by atoms with E-state index in [1.165, 1.54) is 48.8 Å². The molecule has 4 heterocycles. The molecule has 0 spiro atoms. The van der Waals surface area contributed by atoms with Crippen LogP contribution in [-0.4, -0.2) is 22.6 Å². The van der Waals surface area contributed by atoms with Crippen molar-refractivity contribution in [1.29, 1.82) is 0 Å². The van der Waals surface area contributed by atoms with Crippen LogP contribution in [0.1, 0.15) is 35.7 Å². The summed E-state index contributed by atoms with van der Waals surface area (Å²) in [7, 11) is 0. The average Bonchev–Trinajstić information content (AvgIpc) is 2.80. The number of aryl methyl sites for hydroxylation is 1. The summed E-state index contributed by atoms with van der Waals surface area (Å²) in [6.07, 6.45) is 8.74. The molecule has 2 atom stereocenters. The molecule has 0 amide bonds. The lowest BCUT2D eigenvalue weighted by atomic mass is 9.81. The van der Waals surface area contributed by atoms with E-state index in [1.807, 2.05) is 0 Å². The van der Waals surface area contributed by atoms with Gasteiger partial charge in [0.2, 0.25) is 0 Å². The molecule has 3 aliphatic rings. The van der Waals surface area contributed by atoms with Gasteiger partial charge in [0, 0.05) is 23.8 Å². The van der Waals surface area contributed by atoms with Crippen LogP contribution >= 0.6 is 0 Å². The molecule has 0 radical (unpaired) electrons. The monoisotopic (exact) mass is 264 g/mol. The van der Waals surface area contributed by atoms with Crippen LogP contribution in [0.15, 0.2) is 24.3 Å². The van der Waals surface area contributed by atoms with Gasteiger partial charge in [0.25, 0.3) is 0 Å². The number of nitrogens with zero attached hydrogens (tertiary/aromatic N) is 2. The fraction of sp³-hybridized carbons (Fsp3) is 0.444. The lowest BCUT2D eigenvalue weighted by Gasteiger charge is -2.45. The fourth-order valence-corrected chi connectivity index (χ4v) is 4.63. The first-order valence-corrected chi connectivity index (χ1v) is 7.88. The van der Waals surface area contributed by atoms with E-state index in [4.69, 9.17) is 0 Å². The molecule has 1 aromatic heterocycles. The number of rotatable bonds is 0. The SMILES string of the molecule is Cc1ccc2c3c4n(c2c1)C=C[C@H]1CCCN(CC3)[C@H]41. The third-order valence-electron chi connectivity index (χ3n) is 5.50. The van der Waals surface area contributed by atoms with Gasteiger partial charge in [-0.3, -0.25) is 4.90 Å². The molecule has 5 rings (SSSR count). The van der Waals surface area contributed by atoms with Crippen molar-refractivity contribution in [2.75, 3.05) is 13.1 Å². The summed E-state index contributed by atoms with van der Waals surface area (Å²) in [5.41, 5.74) is 6.00. The molecule has 2 heteroatoms. The Hall–Kier alpha value is -1.54. The van der Waals surface area contributed by atoms with Gasteiger partial charge in [0.15, 0.2) is 0 Å². The summed E-state index contributed by atoms with van der Waals surface area (Å²) in [4.78, 5) is 2.72. The van der Waals surface area contributed by atoms with Crippen molar-refractivity contribution in [2.24, 2.45) is 5.92 Å². The molecule has 20 heavy (non-hydrogen) atoms. The van der Waals surface area contributed by atoms with Crippen molar-refractivity contribution >= 4 is 17.1 Å². The van der Waals surface area contributed by atoms with Gasteiger partial charge in [-0.15, -0.1) is 0 Å². The number of hydrogen-bond acceptors (Lipinski definition) is 1. The standard InChI is InChI=1S/C18H20N2/c1-12-4-5-14-15-7-9-19-8-2-3-13-6-10-20(16(14)11-12)18(15)17(13)19/h4-6,10-11,13,17H,2-3,7-9H2,1H3/t13-,17+/m1/s1. The summed E-state index contributed by atoms with van der Waals surface area (Å²) in [5.74, 6) is 0.737. The predicted molar refractivity (Wildman–Crippen MR) is 82.7 cm³/mol. The molecule has 0 saturated carbocycles. The Kier molecular flexibility index (Phi) is 2.10. The Labute approximate surface area is 119 Å². The van der Waals surface area contributed by atoms with E-state index in [9.17, 15) is 0 Å². The quantitative estimate of drug-likeness (QED) is 0.703. The topological polar surface area (TPSA) is 8.17 Å². The molecule has 102 valence electrons. The highest BCUT2D eigenvalue weighted by molar-refractivity contribution is 5.89. The molecular weight excluding hydrogens is 244 g/mol. The fourth-order valence-electron chi connectivity index (χ4n) is 4.63. The van der Waals surface area contributed by atoms with Gasteiger partial charge >= 0.3 is 0 Å². The highest BCUT2D eigenvalue weighted by Gasteiger charge is 2.40. The Bertz CT molecular complexity index is 737. The van der Waals surface area contributed by atoms with Gasteiger partial charge < -0.3 is 4.57 Å². The molecule has 1 saturated heterocycles. The largest absolute Gasteiger partial charge is 0.319 e. The van der Waals surface area contributed by atoms with E-state index in [2.05, 4.69) is 46.9 Å². The molecular formula is C18H20N2. The van der Waals surface area contributed by atoms with Crippen molar-refractivity contribution in [2.45, 2.75) is 32.2 Å². The maximum Gasteiger partial charge on any atom is 0.0571 e. The Morgan fingerprint density at radius 2 is 2.15 bits per heavy atom. The number of hydrogen-bond donors (Lipinski definition) is 0. The van der Waals surface area contributed by atoms with Gasteiger partial charge in [-0.25, -0.2) is 0 Å². The highest BCUT2D eigenvalue weighted by Crippen LogP contribution is 2.47. The maximum absolute atomic E-state index is 2.72. The van der Waals surface area contributed by atoms with E-state index in [0.717, 1.165) is 5.92 Å². The van der Waals surface area contributed by atoms with Crippen LogP contribution in [0.4, 0.5) is 0 Å². The van der Waals surface area contributed by atoms with E-state index < -0.39 is 0 Å². The minimum atomic E-state index is 0.644. The molecule has 0 bridgehead atoms. The zero-order chi connectivity index (χ0) is 13.3. The van der Waals surface area contributed by atoms with E-state index in [-0.39, 0.29) is 0 Å². The summed E-state index contributed by atoms with van der Waals surface area (Å²) in [5, 5.41) is 1.49. The van der Waals surface area contributed by atoms with Crippen LogP contribution in [-0.2, 0) is 6.42 Å². The second-order valence-corrected chi connectivity index (χ2v) is 6.63. The molecule has 0 aliphatic carbocycles. The van der Waals surface area contributed by atoms with Crippen molar-refractivity contribution in [3.63, 3.8) is 0 Å². The van der Waals surface area contributed by atoms with Crippen molar-refractivity contribution in [1.82, 2.24) is 9.47 Å². The number of fused-ring (bicyclic) bond motifs is 3. The second kappa shape index (κ2) is 3.76. The Morgan fingerprint density at radius 3 is 3.10 bits per heavy atom. The van der Waals surface area contributed by atoms with Crippen molar-refractivity contribution in [3.8, 4) is 0 Å². The van der Waals surface area contributed by atoms with Crippen LogP contribution in [0.5, 0.6) is 0 Å². The zero-order valence-corrected chi connectivity index (χ0v) is 12.0. The Morgan fingerprint density at radius 1 is 1.20 bits per heavy atom. The summed E-state index contributed by atoms with van der Waals surface area (Å²) in [6.45, 7) is 4.73. The maximum atomic E-state index is 2.72. The minimum absolute atomic E-state index is 0.644. The second-order valence-electron chi connectivity index (χ2n) is 6.63. The van der Waals surface area contributed by atoms with Gasteiger partial charge in [-0.1, -0.05) is 18.2 Å². The average molecular weight is 264 g/mol. The third-order valence-corrected chi connectivity index (χ3v) is 5.50. The lowest BCUT2D eigenvalue weighted by molar-refractivity contribution is 0.0982. The van der Waals surface area contributed by atoms with Crippen LogP contribution in [0.2, 0.25) is 0 Å². The molecule has 1 fully saturated rings. The molecule has 1 aromatic carbocycles. The van der Waals surface area contributed by atoms with Crippen molar-refractivity contribution < 1.29 is 0 Å². The van der Waals surface area contributed by atoms with E-state index >= 15 is 0 Å². The molecule has 0 N–H and O–H groups in total. The Balaban J connectivity index is 1.86.